The van der Waals surface area contributed by atoms with Gasteiger partial charge in [-0.15, -0.1) is 0 Å². The Kier molecular flexibility index (Phi) is 5.97. The van der Waals surface area contributed by atoms with Gasteiger partial charge in [-0.2, -0.15) is 0 Å². The zero-order chi connectivity index (χ0) is 23.7. The van der Waals surface area contributed by atoms with Gasteiger partial charge in [0.05, 0.1) is 24.7 Å². The second-order valence-corrected chi connectivity index (χ2v) is 8.81. The van der Waals surface area contributed by atoms with E-state index in [2.05, 4.69) is 42.7 Å². The van der Waals surface area contributed by atoms with Crippen LogP contribution in [0.5, 0.6) is 11.5 Å². The van der Waals surface area contributed by atoms with E-state index in [0.717, 1.165) is 33.7 Å². The van der Waals surface area contributed by atoms with E-state index in [1.54, 1.807) is 7.11 Å². The van der Waals surface area contributed by atoms with Crippen LogP contribution in [0.15, 0.2) is 66.7 Å². The molecule has 0 N–H and O–H groups in total. The number of carbonyl (C=O) groups excluding carboxylic acids is 1. The fourth-order valence-electron chi connectivity index (χ4n) is 4.75. The van der Waals surface area contributed by atoms with Crippen LogP contribution in [0.1, 0.15) is 29.3 Å². The van der Waals surface area contributed by atoms with E-state index in [0.29, 0.717) is 37.6 Å². The Hall–Kier alpha value is -3.80. The van der Waals surface area contributed by atoms with Gasteiger partial charge >= 0.3 is 0 Å². The Morgan fingerprint density at radius 1 is 1.00 bits per heavy atom. The van der Waals surface area contributed by atoms with Gasteiger partial charge in [0.15, 0.2) is 11.5 Å². The summed E-state index contributed by atoms with van der Waals surface area (Å²) in [5.41, 5.74) is 5.25. The molecule has 0 aliphatic carbocycles. The molecule has 34 heavy (non-hydrogen) atoms. The number of anilines is 1. The molecule has 0 spiro atoms. The maximum absolute atomic E-state index is 13.1. The smallest absolute Gasteiger partial charge is 0.227 e. The first-order chi connectivity index (χ1) is 16.5. The second-order valence-electron chi connectivity index (χ2n) is 8.81. The predicted molar refractivity (Wildman–Crippen MR) is 134 cm³/mol. The van der Waals surface area contributed by atoms with Crippen molar-refractivity contribution in [3.05, 3.63) is 83.7 Å². The van der Waals surface area contributed by atoms with Crippen LogP contribution in [0.25, 0.3) is 11.0 Å². The maximum Gasteiger partial charge on any atom is 0.227 e. The van der Waals surface area contributed by atoms with Crippen LogP contribution >= 0.6 is 0 Å². The average molecular weight is 456 g/mol. The number of aryl methyl sites for hydroxylation is 2. The molecule has 1 saturated heterocycles. The maximum atomic E-state index is 13.1. The van der Waals surface area contributed by atoms with Crippen LogP contribution in [0.2, 0.25) is 0 Å². The molecule has 3 aromatic carbocycles. The summed E-state index contributed by atoms with van der Waals surface area (Å²) in [7, 11) is 1.64. The van der Waals surface area contributed by atoms with Crippen LogP contribution in [0.3, 0.4) is 0 Å². The third-order valence-electron chi connectivity index (χ3n) is 6.47. The fourth-order valence-corrected chi connectivity index (χ4v) is 4.75. The number of aromatic nitrogens is 2. The van der Waals surface area contributed by atoms with E-state index in [4.69, 9.17) is 14.5 Å². The Labute approximate surface area is 199 Å². The van der Waals surface area contributed by atoms with E-state index in [1.807, 2.05) is 47.4 Å². The molecule has 2 heterocycles. The highest BCUT2D eigenvalue weighted by atomic mass is 16.5. The Balaban J connectivity index is 1.42. The first kappa shape index (κ1) is 22.0. The number of imidazole rings is 1. The van der Waals surface area contributed by atoms with E-state index in [-0.39, 0.29) is 11.8 Å². The molecule has 0 radical (unpaired) electrons. The predicted octanol–water partition coefficient (Wildman–Crippen LogP) is 5.26. The van der Waals surface area contributed by atoms with Crippen molar-refractivity contribution >= 4 is 22.6 Å². The molecular weight excluding hydrogens is 426 g/mol. The van der Waals surface area contributed by atoms with Gasteiger partial charge in [-0.25, -0.2) is 4.98 Å². The standard InChI is InChI=1S/C28H29N3O3/c1-19-12-13-20(2)24(16-19)31-18-21(17-27(31)32)28-29-22-8-4-5-9-23(22)30(28)14-15-34-26-11-7-6-10-25(26)33-3/h4-13,16,21H,14-15,17-18H2,1-3H3. The molecule has 0 saturated carbocycles. The van der Waals surface area contributed by atoms with Crippen LogP contribution in [0.4, 0.5) is 5.69 Å². The summed E-state index contributed by atoms with van der Waals surface area (Å²) in [5, 5.41) is 0. The lowest BCUT2D eigenvalue weighted by molar-refractivity contribution is -0.117. The Morgan fingerprint density at radius 2 is 1.76 bits per heavy atom. The molecule has 4 aromatic rings. The van der Waals surface area contributed by atoms with Gasteiger partial charge in [0, 0.05) is 24.6 Å². The fraction of sp³-hybridized carbons (Fsp3) is 0.286. The quantitative estimate of drug-likeness (QED) is 0.381. The van der Waals surface area contributed by atoms with E-state index in [9.17, 15) is 4.79 Å². The van der Waals surface area contributed by atoms with Crippen LogP contribution in [-0.2, 0) is 11.3 Å². The molecule has 1 aliphatic rings. The molecule has 1 atom stereocenters. The lowest BCUT2D eigenvalue weighted by Gasteiger charge is -2.20. The molecule has 1 aliphatic heterocycles. The molecule has 6 nitrogen and oxygen atoms in total. The monoisotopic (exact) mass is 455 g/mol. The first-order valence-corrected chi connectivity index (χ1v) is 11.6. The number of methoxy groups -OCH3 is 1. The highest BCUT2D eigenvalue weighted by Gasteiger charge is 2.35. The van der Waals surface area contributed by atoms with Gasteiger partial charge in [-0.3, -0.25) is 4.79 Å². The number of rotatable bonds is 7. The average Bonchev–Trinajstić information content (AvgIpc) is 3.41. The highest BCUT2D eigenvalue weighted by Crippen LogP contribution is 2.35. The molecule has 6 heteroatoms. The van der Waals surface area contributed by atoms with Crippen molar-refractivity contribution < 1.29 is 14.3 Å². The molecule has 1 aromatic heterocycles. The third-order valence-corrected chi connectivity index (χ3v) is 6.47. The number of carbonyl (C=O) groups is 1. The molecule has 1 fully saturated rings. The lowest BCUT2D eigenvalue weighted by Crippen LogP contribution is -2.25. The van der Waals surface area contributed by atoms with Gasteiger partial charge in [0.2, 0.25) is 5.91 Å². The van der Waals surface area contributed by atoms with Gasteiger partial charge in [0.1, 0.15) is 12.4 Å². The van der Waals surface area contributed by atoms with Gasteiger partial charge in [-0.1, -0.05) is 36.4 Å². The summed E-state index contributed by atoms with van der Waals surface area (Å²) >= 11 is 0. The summed E-state index contributed by atoms with van der Waals surface area (Å²) in [4.78, 5) is 19.9. The number of hydrogen-bond acceptors (Lipinski definition) is 4. The van der Waals surface area contributed by atoms with Gasteiger partial charge in [-0.05, 0) is 55.3 Å². The number of hydrogen-bond donors (Lipinski definition) is 0. The van der Waals surface area contributed by atoms with Crippen molar-refractivity contribution in [2.45, 2.75) is 32.7 Å². The Bertz CT molecular complexity index is 1340. The molecule has 1 amide bonds. The summed E-state index contributed by atoms with van der Waals surface area (Å²) in [6.07, 6.45) is 0.448. The minimum absolute atomic E-state index is 0.0195. The van der Waals surface area contributed by atoms with Crippen molar-refractivity contribution in [1.29, 1.82) is 0 Å². The van der Waals surface area contributed by atoms with E-state index >= 15 is 0 Å². The molecule has 0 bridgehead atoms. The van der Waals surface area contributed by atoms with Gasteiger partial charge < -0.3 is 18.9 Å². The minimum Gasteiger partial charge on any atom is -0.493 e. The normalized spacial score (nSPS) is 15.8. The van der Waals surface area contributed by atoms with Crippen LogP contribution < -0.4 is 14.4 Å². The third kappa shape index (κ3) is 4.12. The number of para-hydroxylation sites is 4. The number of fused-ring (bicyclic) bond motifs is 1. The molecule has 1 unspecified atom stereocenters. The summed E-state index contributed by atoms with van der Waals surface area (Å²) in [6.45, 7) is 5.83. The molecule has 5 rings (SSSR count). The topological polar surface area (TPSA) is 56.6 Å². The Morgan fingerprint density at radius 3 is 2.59 bits per heavy atom. The number of nitrogens with zero attached hydrogens (tertiary/aromatic N) is 3. The summed E-state index contributed by atoms with van der Waals surface area (Å²) in [6, 6.07) is 22.0. The zero-order valence-electron chi connectivity index (χ0n) is 19.8. The van der Waals surface area contributed by atoms with Crippen molar-refractivity contribution in [1.82, 2.24) is 9.55 Å². The van der Waals surface area contributed by atoms with Crippen LogP contribution in [-0.4, -0.2) is 35.7 Å². The lowest BCUT2D eigenvalue weighted by atomic mass is 10.1. The minimum atomic E-state index is 0.0195. The van der Waals surface area contributed by atoms with E-state index < -0.39 is 0 Å². The molecular formula is C28H29N3O3. The first-order valence-electron chi connectivity index (χ1n) is 11.6. The van der Waals surface area contributed by atoms with E-state index in [1.165, 1.54) is 0 Å². The van der Waals surface area contributed by atoms with Crippen LogP contribution in [0, 0.1) is 13.8 Å². The highest BCUT2D eigenvalue weighted by molar-refractivity contribution is 5.97. The van der Waals surface area contributed by atoms with Gasteiger partial charge in [0.25, 0.3) is 0 Å². The summed E-state index contributed by atoms with van der Waals surface area (Å²) in [5.74, 6) is 2.52. The van der Waals surface area contributed by atoms with Crippen molar-refractivity contribution in [2.75, 3.05) is 25.2 Å². The number of amides is 1. The van der Waals surface area contributed by atoms with Crippen molar-refractivity contribution in [3.63, 3.8) is 0 Å². The largest absolute Gasteiger partial charge is 0.493 e. The molecule has 174 valence electrons. The summed E-state index contributed by atoms with van der Waals surface area (Å²) < 4.78 is 13.7. The second kappa shape index (κ2) is 9.21. The van der Waals surface area contributed by atoms with Crippen molar-refractivity contribution in [3.8, 4) is 11.5 Å². The number of ether oxygens (including phenoxy) is 2. The number of benzene rings is 3. The SMILES string of the molecule is COc1ccccc1OCCn1c(C2CC(=O)N(c3cc(C)ccc3C)C2)nc2ccccc21. The van der Waals surface area contributed by atoms with Crippen molar-refractivity contribution in [2.24, 2.45) is 0 Å². The zero-order valence-corrected chi connectivity index (χ0v) is 19.8.